The summed E-state index contributed by atoms with van der Waals surface area (Å²) >= 11 is 4.87. The van der Waals surface area contributed by atoms with Gasteiger partial charge < -0.3 is 15.7 Å². The minimum Gasteiger partial charge on any atom is -0.389 e. The van der Waals surface area contributed by atoms with Gasteiger partial charge in [0, 0.05) is 24.8 Å². The summed E-state index contributed by atoms with van der Waals surface area (Å²) in [6, 6.07) is 3.71. The molecule has 5 heteroatoms. The number of aliphatic hydroxyl groups is 1. The first-order valence-corrected chi connectivity index (χ1v) is 5.97. The minimum atomic E-state index is -0.750. The molecule has 1 aromatic rings. The van der Waals surface area contributed by atoms with Crippen molar-refractivity contribution in [2.75, 3.05) is 18.0 Å². The maximum absolute atomic E-state index is 9.81. The maximum atomic E-state index is 9.81. The van der Waals surface area contributed by atoms with E-state index < -0.39 is 5.60 Å². The van der Waals surface area contributed by atoms with E-state index in [0.717, 1.165) is 17.9 Å². The molecule has 4 nitrogen and oxygen atoms in total. The summed E-state index contributed by atoms with van der Waals surface area (Å²) in [4.78, 5) is 6.65. The van der Waals surface area contributed by atoms with Crippen molar-refractivity contribution in [3.05, 3.63) is 23.9 Å². The van der Waals surface area contributed by atoms with Crippen molar-refractivity contribution in [2.45, 2.75) is 26.4 Å². The monoisotopic (exact) mass is 253 g/mol. The van der Waals surface area contributed by atoms with Gasteiger partial charge in [0.05, 0.1) is 5.60 Å². The number of anilines is 1. The Morgan fingerprint density at radius 1 is 1.53 bits per heavy atom. The van der Waals surface area contributed by atoms with Crippen LogP contribution in [0, 0.1) is 0 Å². The van der Waals surface area contributed by atoms with E-state index in [-0.39, 0.29) is 0 Å². The standard InChI is InChI=1S/C12H19N3OS/c1-4-15(8-12(2,3)16)10-6-5-9(7-14-10)11(13)17/h5-7,16H,4,8H2,1-3H3,(H2,13,17). The summed E-state index contributed by atoms with van der Waals surface area (Å²) in [6.07, 6.45) is 1.66. The van der Waals surface area contributed by atoms with Crippen LogP contribution in [0.1, 0.15) is 26.3 Å². The molecule has 0 aliphatic heterocycles. The van der Waals surface area contributed by atoms with Crippen LogP contribution in [0.2, 0.25) is 0 Å². The van der Waals surface area contributed by atoms with E-state index in [9.17, 15) is 5.11 Å². The van der Waals surface area contributed by atoms with Crippen molar-refractivity contribution in [1.29, 1.82) is 0 Å². The second kappa shape index (κ2) is 5.42. The Bertz CT molecular complexity index is 384. The molecule has 3 N–H and O–H groups in total. The molecule has 0 aliphatic rings. The van der Waals surface area contributed by atoms with Crippen LogP contribution in [0.5, 0.6) is 0 Å². The average Bonchev–Trinajstić information content (AvgIpc) is 2.25. The molecule has 94 valence electrons. The van der Waals surface area contributed by atoms with Gasteiger partial charge in [-0.15, -0.1) is 0 Å². The largest absolute Gasteiger partial charge is 0.389 e. The van der Waals surface area contributed by atoms with Gasteiger partial charge in [-0.3, -0.25) is 0 Å². The van der Waals surface area contributed by atoms with Gasteiger partial charge >= 0.3 is 0 Å². The number of hydrogen-bond acceptors (Lipinski definition) is 4. The van der Waals surface area contributed by atoms with E-state index in [2.05, 4.69) is 4.98 Å². The zero-order valence-electron chi connectivity index (χ0n) is 10.5. The first-order chi connectivity index (χ1) is 7.83. The fraction of sp³-hybridized carbons (Fsp3) is 0.500. The van der Waals surface area contributed by atoms with Crippen LogP contribution in [-0.4, -0.2) is 33.8 Å². The topological polar surface area (TPSA) is 62.4 Å². The number of pyridine rings is 1. The molecule has 0 bridgehead atoms. The first kappa shape index (κ1) is 13.9. The molecule has 0 saturated carbocycles. The molecule has 1 rings (SSSR count). The van der Waals surface area contributed by atoms with Gasteiger partial charge in [-0.2, -0.15) is 0 Å². The molecular weight excluding hydrogens is 234 g/mol. The fourth-order valence-corrected chi connectivity index (χ4v) is 1.66. The lowest BCUT2D eigenvalue weighted by Gasteiger charge is -2.29. The molecule has 0 spiro atoms. The molecule has 0 amide bonds. The number of nitrogens with two attached hydrogens (primary N) is 1. The Kier molecular flexibility index (Phi) is 4.42. The summed E-state index contributed by atoms with van der Waals surface area (Å²) in [5.74, 6) is 0.814. The van der Waals surface area contributed by atoms with Gasteiger partial charge in [0.25, 0.3) is 0 Å². The highest BCUT2D eigenvalue weighted by molar-refractivity contribution is 7.80. The quantitative estimate of drug-likeness (QED) is 0.775. The van der Waals surface area contributed by atoms with Crippen molar-refractivity contribution in [3.8, 4) is 0 Å². The van der Waals surface area contributed by atoms with E-state index in [0.29, 0.717) is 11.5 Å². The van der Waals surface area contributed by atoms with Crippen molar-refractivity contribution >= 4 is 23.0 Å². The third-order valence-electron chi connectivity index (χ3n) is 2.32. The highest BCUT2D eigenvalue weighted by Crippen LogP contribution is 2.14. The molecule has 0 atom stereocenters. The molecule has 1 aromatic heterocycles. The molecule has 0 unspecified atom stereocenters. The summed E-state index contributed by atoms with van der Waals surface area (Å²) < 4.78 is 0. The van der Waals surface area contributed by atoms with E-state index in [4.69, 9.17) is 18.0 Å². The summed E-state index contributed by atoms with van der Waals surface area (Å²) in [5.41, 5.74) is 5.51. The number of rotatable bonds is 5. The maximum Gasteiger partial charge on any atom is 0.128 e. The normalized spacial score (nSPS) is 11.3. The smallest absolute Gasteiger partial charge is 0.128 e. The lowest BCUT2D eigenvalue weighted by Crippen LogP contribution is -2.39. The second-order valence-electron chi connectivity index (χ2n) is 4.60. The Balaban J connectivity index is 2.86. The predicted octanol–water partition coefficient (Wildman–Crippen LogP) is 1.31. The van der Waals surface area contributed by atoms with Crippen LogP contribution >= 0.6 is 12.2 Å². The van der Waals surface area contributed by atoms with Crippen molar-refractivity contribution in [2.24, 2.45) is 5.73 Å². The van der Waals surface area contributed by atoms with Crippen LogP contribution in [0.15, 0.2) is 18.3 Å². The molecule has 17 heavy (non-hydrogen) atoms. The number of aromatic nitrogens is 1. The van der Waals surface area contributed by atoms with Crippen LogP contribution in [0.25, 0.3) is 0 Å². The van der Waals surface area contributed by atoms with Crippen molar-refractivity contribution in [1.82, 2.24) is 4.98 Å². The lowest BCUT2D eigenvalue weighted by atomic mass is 10.1. The van der Waals surface area contributed by atoms with E-state index >= 15 is 0 Å². The highest BCUT2D eigenvalue weighted by Gasteiger charge is 2.18. The van der Waals surface area contributed by atoms with Crippen molar-refractivity contribution in [3.63, 3.8) is 0 Å². The SMILES string of the molecule is CCN(CC(C)(C)O)c1ccc(C(N)=S)cn1. The Hall–Kier alpha value is -1.20. The second-order valence-corrected chi connectivity index (χ2v) is 5.04. The number of nitrogens with zero attached hydrogens (tertiary/aromatic N) is 2. The van der Waals surface area contributed by atoms with E-state index in [1.807, 2.05) is 24.0 Å². The number of thiocarbonyl (C=S) groups is 1. The summed E-state index contributed by atoms with van der Waals surface area (Å²) in [7, 11) is 0. The van der Waals surface area contributed by atoms with Gasteiger partial charge in [0.2, 0.25) is 0 Å². The fourth-order valence-electron chi connectivity index (χ4n) is 1.54. The first-order valence-electron chi connectivity index (χ1n) is 5.56. The lowest BCUT2D eigenvalue weighted by molar-refractivity contribution is 0.0874. The highest BCUT2D eigenvalue weighted by atomic mass is 32.1. The molecular formula is C12H19N3OS. The predicted molar refractivity (Wildman–Crippen MR) is 74.3 cm³/mol. The minimum absolute atomic E-state index is 0.342. The third-order valence-corrected chi connectivity index (χ3v) is 2.55. The van der Waals surface area contributed by atoms with Crippen LogP contribution in [0.3, 0.4) is 0 Å². The zero-order chi connectivity index (χ0) is 13.1. The number of likely N-dealkylation sites (N-methyl/N-ethyl adjacent to an activating group) is 1. The Morgan fingerprint density at radius 3 is 2.53 bits per heavy atom. The third kappa shape index (κ3) is 4.28. The van der Waals surface area contributed by atoms with Gasteiger partial charge in [-0.25, -0.2) is 4.98 Å². The zero-order valence-corrected chi connectivity index (χ0v) is 11.3. The van der Waals surface area contributed by atoms with Gasteiger partial charge in [0.15, 0.2) is 0 Å². The summed E-state index contributed by atoms with van der Waals surface area (Å²) in [5, 5.41) is 9.81. The van der Waals surface area contributed by atoms with E-state index in [1.165, 1.54) is 0 Å². The van der Waals surface area contributed by atoms with Crippen molar-refractivity contribution < 1.29 is 5.11 Å². The molecule has 0 aliphatic carbocycles. The molecule has 1 heterocycles. The average molecular weight is 253 g/mol. The van der Waals surface area contributed by atoms with Gasteiger partial charge in [-0.05, 0) is 32.9 Å². The van der Waals surface area contributed by atoms with Crippen LogP contribution in [-0.2, 0) is 0 Å². The molecule has 0 saturated heterocycles. The Morgan fingerprint density at radius 2 is 2.18 bits per heavy atom. The molecule has 0 fully saturated rings. The van der Waals surface area contributed by atoms with Crippen LogP contribution < -0.4 is 10.6 Å². The molecule has 0 radical (unpaired) electrons. The summed E-state index contributed by atoms with van der Waals surface area (Å²) in [6.45, 7) is 6.89. The number of hydrogen-bond donors (Lipinski definition) is 2. The Labute approximate surface area is 107 Å². The molecule has 0 aromatic carbocycles. The van der Waals surface area contributed by atoms with Gasteiger partial charge in [-0.1, -0.05) is 12.2 Å². The van der Waals surface area contributed by atoms with Crippen LogP contribution in [0.4, 0.5) is 5.82 Å². The van der Waals surface area contributed by atoms with E-state index in [1.54, 1.807) is 20.0 Å². The van der Waals surface area contributed by atoms with Gasteiger partial charge in [0.1, 0.15) is 10.8 Å².